The summed E-state index contributed by atoms with van der Waals surface area (Å²) in [6.07, 6.45) is -0.708. The van der Waals surface area contributed by atoms with Crippen LogP contribution in [-0.4, -0.2) is 64.2 Å². The van der Waals surface area contributed by atoms with E-state index in [1.165, 1.54) is 11.8 Å². The molecule has 3 atom stereocenters. The van der Waals surface area contributed by atoms with E-state index in [1.54, 1.807) is 0 Å². The number of carbonyl (C=O) groups is 3. The molecule has 1 aliphatic heterocycles. The fraction of sp³-hybridized carbons (Fsp3) is 0.700. The van der Waals surface area contributed by atoms with Gasteiger partial charge in [0.15, 0.2) is 0 Å². The molecule has 0 bridgehead atoms. The van der Waals surface area contributed by atoms with Gasteiger partial charge in [0.05, 0.1) is 12.6 Å². The predicted molar refractivity (Wildman–Crippen MR) is 60.4 cm³/mol. The number of aliphatic hydroxyl groups excluding tert-OH is 1. The second-order valence-corrected chi connectivity index (χ2v) is 4.22. The van der Waals surface area contributed by atoms with Crippen LogP contribution in [0.15, 0.2) is 0 Å². The molecular weight excluding hydrogens is 242 g/mol. The summed E-state index contributed by atoms with van der Waals surface area (Å²) in [6.45, 7) is 1.10. The van der Waals surface area contributed by atoms with Gasteiger partial charge in [0.25, 0.3) is 0 Å². The van der Waals surface area contributed by atoms with Crippen molar-refractivity contribution in [3.05, 3.63) is 0 Å². The van der Waals surface area contributed by atoms with Crippen LogP contribution >= 0.6 is 0 Å². The first-order chi connectivity index (χ1) is 8.36. The van der Waals surface area contributed by atoms with E-state index in [4.69, 9.17) is 10.8 Å². The van der Waals surface area contributed by atoms with Crippen LogP contribution in [0.4, 0.5) is 0 Å². The Bertz CT molecular complexity index is 359. The molecule has 8 nitrogen and oxygen atoms in total. The Labute approximate surface area is 104 Å². The van der Waals surface area contributed by atoms with Crippen LogP contribution in [0.25, 0.3) is 0 Å². The quantitative estimate of drug-likeness (QED) is 0.441. The van der Waals surface area contributed by atoms with Crippen LogP contribution in [0.5, 0.6) is 0 Å². The van der Waals surface area contributed by atoms with Crippen LogP contribution in [0.2, 0.25) is 0 Å². The van der Waals surface area contributed by atoms with Crippen LogP contribution in [0.3, 0.4) is 0 Å². The number of likely N-dealkylation sites (tertiary alicyclic amines) is 1. The van der Waals surface area contributed by atoms with Gasteiger partial charge < -0.3 is 26.2 Å². The number of amides is 2. The number of aliphatic hydroxyl groups is 1. The molecule has 18 heavy (non-hydrogen) atoms. The summed E-state index contributed by atoms with van der Waals surface area (Å²) in [5.74, 6) is -2.21. The minimum Gasteiger partial charge on any atom is -0.480 e. The molecule has 102 valence electrons. The highest BCUT2D eigenvalue weighted by Gasteiger charge is 2.38. The van der Waals surface area contributed by atoms with E-state index in [1.807, 2.05) is 0 Å². The monoisotopic (exact) mass is 259 g/mol. The third-order valence-electron chi connectivity index (χ3n) is 2.81. The number of carboxylic acid groups (broad SMARTS) is 1. The van der Waals surface area contributed by atoms with Crippen LogP contribution in [-0.2, 0) is 14.4 Å². The fourth-order valence-electron chi connectivity index (χ4n) is 1.83. The molecule has 5 N–H and O–H groups in total. The van der Waals surface area contributed by atoms with Gasteiger partial charge in [-0.3, -0.25) is 14.4 Å². The summed E-state index contributed by atoms with van der Waals surface area (Å²) >= 11 is 0. The predicted octanol–water partition coefficient (Wildman–Crippen LogP) is -2.50. The maximum atomic E-state index is 11.8. The zero-order chi connectivity index (χ0) is 13.9. The molecule has 8 heteroatoms. The highest BCUT2D eigenvalue weighted by molar-refractivity contribution is 5.91. The lowest BCUT2D eigenvalue weighted by molar-refractivity contribution is -0.143. The van der Waals surface area contributed by atoms with Crippen molar-refractivity contribution >= 4 is 17.8 Å². The Morgan fingerprint density at radius 3 is 2.61 bits per heavy atom. The molecule has 1 heterocycles. The van der Waals surface area contributed by atoms with Crippen LogP contribution in [0, 0.1) is 0 Å². The molecule has 0 aromatic heterocycles. The molecule has 0 aromatic carbocycles. The van der Waals surface area contributed by atoms with Gasteiger partial charge in [0.1, 0.15) is 12.1 Å². The van der Waals surface area contributed by atoms with Crippen molar-refractivity contribution in [2.75, 3.05) is 13.1 Å². The van der Waals surface area contributed by atoms with E-state index in [0.717, 1.165) is 0 Å². The normalized spacial score (nSPS) is 24.7. The van der Waals surface area contributed by atoms with Crippen LogP contribution < -0.4 is 11.1 Å². The van der Waals surface area contributed by atoms with Gasteiger partial charge in [-0.2, -0.15) is 0 Å². The van der Waals surface area contributed by atoms with Gasteiger partial charge in [0, 0.05) is 13.0 Å². The standard InChI is InChI=1S/C10H17N3O5/c1-5(10(17)18)12-9(16)7-2-6(14)4-13(7)8(15)3-11/h5-7,14H,2-4,11H2,1H3,(H,12,16)(H,17,18)/t5-,6-,7+/m0/s1. The smallest absolute Gasteiger partial charge is 0.325 e. The maximum Gasteiger partial charge on any atom is 0.325 e. The van der Waals surface area contributed by atoms with E-state index in [2.05, 4.69) is 5.32 Å². The largest absolute Gasteiger partial charge is 0.480 e. The van der Waals surface area contributed by atoms with E-state index < -0.39 is 36.0 Å². The molecule has 0 radical (unpaired) electrons. The number of aliphatic carboxylic acids is 1. The molecular formula is C10H17N3O5. The average Bonchev–Trinajstić information content (AvgIpc) is 2.70. The second-order valence-electron chi connectivity index (χ2n) is 4.22. The number of nitrogens with one attached hydrogen (secondary N) is 1. The van der Waals surface area contributed by atoms with Crippen molar-refractivity contribution < 1.29 is 24.6 Å². The topological polar surface area (TPSA) is 133 Å². The Morgan fingerprint density at radius 1 is 1.50 bits per heavy atom. The first kappa shape index (κ1) is 14.4. The molecule has 2 amide bonds. The lowest BCUT2D eigenvalue weighted by Gasteiger charge is -2.23. The van der Waals surface area contributed by atoms with Crippen molar-refractivity contribution in [1.29, 1.82) is 0 Å². The maximum absolute atomic E-state index is 11.8. The van der Waals surface area contributed by atoms with Gasteiger partial charge in [-0.25, -0.2) is 0 Å². The summed E-state index contributed by atoms with van der Waals surface area (Å²) < 4.78 is 0. The van der Waals surface area contributed by atoms with Gasteiger partial charge in [-0.1, -0.05) is 0 Å². The molecule has 0 aromatic rings. The molecule has 0 unspecified atom stereocenters. The van der Waals surface area contributed by atoms with Crippen molar-refractivity contribution in [2.45, 2.75) is 31.5 Å². The van der Waals surface area contributed by atoms with Gasteiger partial charge >= 0.3 is 5.97 Å². The van der Waals surface area contributed by atoms with Crippen molar-refractivity contribution in [3.8, 4) is 0 Å². The number of carbonyl (C=O) groups excluding carboxylic acids is 2. The zero-order valence-corrected chi connectivity index (χ0v) is 10.00. The Hall–Kier alpha value is -1.67. The fourth-order valence-corrected chi connectivity index (χ4v) is 1.83. The second kappa shape index (κ2) is 5.78. The summed E-state index contributed by atoms with van der Waals surface area (Å²) in [6, 6.07) is -1.91. The molecule has 1 rings (SSSR count). The highest BCUT2D eigenvalue weighted by Crippen LogP contribution is 2.18. The van der Waals surface area contributed by atoms with Crippen molar-refractivity contribution in [2.24, 2.45) is 5.73 Å². The third-order valence-corrected chi connectivity index (χ3v) is 2.81. The number of β-amino-alcohol motifs (C(OH)–C–C–N with tert-alkyl or cyclic N) is 1. The number of hydrogen-bond acceptors (Lipinski definition) is 5. The average molecular weight is 259 g/mol. The lowest BCUT2D eigenvalue weighted by atomic mass is 10.1. The molecule has 1 fully saturated rings. The summed E-state index contributed by atoms with van der Waals surface area (Å²) in [5.41, 5.74) is 5.21. The number of rotatable bonds is 4. The minimum absolute atomic E-state index is 0.0373. The van der Waals surface area contributed by atoms with E-state index in [-0.39, 0.29) is 19.5 Å². The molecule has 1 saturated heterocycles. The SMILES string of the molecule is C[C@H](NC(=O)[C@H]1C[C@H](O)CN1C(=O)CN)C(=O)O. The van der Waals surface area contributed by atoms with E-state index >= 15 is 0 Å². The number of hydrogen-bond donors (Lipinski definition) is 4. The molecule has 0 spiro atoms. The number of nitrogens with zero attached hydrogens (tertiary/aromatic N) is 1. The first-order valence-corrected chi connectivity index (χ1v) is 5.57. The number of carboxylic acids is 1. The van der Waals surface area contributed by atoms with Crippen molar-refractivity contribution in [1.82, 2.24) is 10.2 Å². The molecule has 1 aliphatic rings. The summed E-state index contributed by atoms with van der Waals surface area (Å²) in [7, 11) is 0. The Kier molecular flexibility index (Phi) is 4.62. The van der Waals surface area contributed by atoms with E-state index in [0.29, 0.717) is 0 Å². The molecule has 0 saturated carbocycles. The highest BCUT2D eigenvalue weighted by atomic mass is 16.4. The Balaban J connectivity index is 2.70. The minimum atomic E-state index is -1.17. The van der Waals surface area contributed by atoms with Gasteiger partial charge in [-0.15, -0.1) is 0 Å². The van der Waals surface area contributed by atoms with Crippen molar-refractivity contribution in [3.63, 3.8) is 0 Å². The van der Waals surface area contributed by atoms with E-state index in [9.17, 15) is 19.5 Å². The van der Waals surface area contributed by atoms with Crippen LogP contribution in [0.1, 0.15) is 13.3 Å². The zero-order valence-electron chi connectivity index (χ0n) is 10.00. The summed E-state index contributed by atoms with van der Waals surface area (Å²) in [5, 5.41) is 20.4. The van der Waals surface area contributed by atoms with Gasteiger partial charge in [0.2, 0.25) is 11.8 Å². The lowest BCUT2D eigenvalue weighted by Crippen LogP contribution is -2.51. The first-order valence-electron chi connectivity index (χ1n) is 5.57. The third kappa shape index (κ3) is 3.17. The Morgan fingerprint density at radius 2 is 2.11 bits per heavy atom. The summed E-state index contributed by atoms with van der Waals surface area (Å²) in [4.78, 5) is 35.1. The number of nitrogens with two attached hydrogens (primary N) is 1. The molecule has 0 aliphatic carbocycles. The van der Waals surface area contributed by atoms with Gasteiger partial charge in [-0.05, 0) is 6.92 Å².